The third-order valence-electron chi connectivity index (χ3n) is 19.3. The summed E-state index contributed by atoms with van der Waals surface area (Å²) < 4.78 is 0. The molecule has 1 nitrogen and oxygen atoms in total. The van der Waals surface area contributed by atoms with Gasteiger partial charge in [-0.25, -0.2) is 0 Å². The van der Waals surface area contributed by atoms with Crippen molar-refractivity contribution >= 4 is 27.8 Å². The molecule has 0 aliphatic heterocycles. The van der Waals surface area contributed by atoms with E-state index in [-0.39, 0.29) is 27.1 Å². The van der Waals surface area contributed by atoms with E-state index < -0.39 is 0 Å². The Balaban J connectivity index is 0.889. The van der Waals surface area contributed by atoms with Crippen molar-refractivity contribution in [3.05, 3.63) is 244 Å². The third-order valence-corrected chi connectivity index (χ3v) is 19.3. The first kappa shape index (κ1) is 43.8. The lowest BCUT2D eigenvalue weighted by Gasteiger charge is -2.31. The van der Waals surface area contributed by atoms with Crippen LogP contribution in [0.4, 0.5) is 17.1 Å². The van der Waals surface area contributed by atoms with E-state index in [0.29, 0.717) is 0 Å². The van der Waals surface area contributed by atoms with Crippen LogP contribution < -0.4 is 4.90 Å². The molecule has 74 heavy (non-hydrogen) atoms. The first-order valence-electron chi connectivity index (χ1n) is 26.9. The number of benzene rings is 10. The van der Waals surface area contributed by atoms with E-state index in [1.165, 1.54) is 150 Å². The summed E-state index contributed by atoms with van der Waals surface area (Å²) in [4.78, 5) is 2.57. The van der Waals surface area contributed by atoms with Gasteiger partial charge in [0.05, 0.1) is 0 Å². The van der Waals surface area contributed by atoms with Crippen LogP contribution in [0.25, 0.3) is 77.5 Å². The van der Waals surface area contributed by atoms with Gasteiger partial charge in [0.2, 0.25) is 0 Å². The molecule has 1 heteroatoms. The topological polar surface area (TPSA) is 3.24 Å². The first-order chi connectivity index (χ1) is 35.5. The van der Waals surface area contributed by atoms with Crippen molar-refractivity contribution in [2.24, 2.45) is 0 Å². The van der Waals surface area contributed by atoms with E-state index in [1.54, 1.807) is 0 Å². The molecular formula is C73H61N. The Morgan fingerprint density at radius 3 is 1.00 bits per heavy atom. The molecule has 10 aromatic carbocycles. The van der Waals surface area contributed by atoms with Gasteiger partial charge < -0.3 is 4.90 Å². The Labute approximate surface area is 437 Å². The lowest BCUT2D eigenvalue weighted by Crippen LogP contribution is -2.19. The zero-order valence-electron chi connectivity index (χ0n) is 44.3. The smallest absolute Gasteiger partial charge is 0.0465 e. The van der Waals surface area contributed by atoms with Gasteiger partial charge in [-0.1, -0.05) is 191 Å². The average Bonchev–Trinajstić information content (AvgIpc) is 4.04. The summed E-state index contributed by atoms with van der Waals surface area (Å²) in [7, 11) is 0. The summed E-state index contributed by atoms with van der Waals surface area (Å²) in [5.74, 6) is 0. The van der Waals surface area contributed by atoms with E-state index in [4.69, 9.17) is 0 Å². The quantitative estimate of drug-likeness (QED) is 0.170. The third kappa shape index (κ3) is 5.55. The van der Waals surface area contributed by atoms with Gasteiger partial charge in [0.15, 0.2) is 0 Å². The maximum Gasteiger partial charge on any atom is 0.0465 e. The van der Waals surface area contributed by atoms with Gasteiger partial charge in [-0.05, 0) is 200 Å². The SMILES string of the molecule is CC1(C)c2cc(-c3cccc4ccccc34)ccc2-c2ccc(N(c3ccc4c(c3)C(C)(C)c3cc5c(cc3-4)C(C)(C)c3ccccc3-5)c3ccc4c(c3)C(C)(C)c3cc5c(cc3-4)C(C)(C)c3ccccc3-5)cc21. The van der Waals surface area contributed by atoms with Crippen LogP contribution >= 0.6 is 0 Å². The zero-order valence-corrected chi connectivity index (χ0v) is 44.3. The second kappa shape index (κ2) is 14.3. The number of hydrogen-bond donors (Lipinski definition) is 0. The second-order valence-corrected chi connectivity index (χ2v) is 24.9. The lowest BCUT2D eigenvalue weighted by molar-refractivity contribution is 0.651. The Bertz CT molecular complexity index is 3990. The fourth-order valence-corrected chi connectivity index (χ4v) is 15.1. The fourth-order valence-electron chi connectivity index (χ4n) is 15.1. The largest absolute Gasteiger partial charge is 0.310 e. The number of fused-ring (bicyclic) bond motifs is 16. The van der Waals surface area contributed by atoms with Crippen molar-refractivity contribution in [3.8, 4) is 66.8 Å². The van der Waals surface area contributed by atoms with Crippen LogP contribution in [0.5, 0.6) is 0 Å². The Hall–Kier alpha value is -7.74. The summed E-state index contributed by atoms with van der Waals surface area (Å²) in [5.41, 5.74) is 33.0. The van der Waals surface area contributed by atoms with E-state index >= 15 is 0 Å². The monoisotopic (exact) mass is 951 g/mol. The molecular weight excluding hydrogens is 891 g/mol. The Morgan fingerprint density at radius 1 is 0.230 bits per heavy atom. The molecule has 0 unspecified atom stereocenters. The summed E-state index contributed by atoms with van der Waals surface area (Å²) in [6.45, 7) is 24.2. The molecule has 0 fully saturated rings. The van der Waals surface area contributed by atoms with Crippen molar-refractivity contribution in [2.75, 3.05) is 4.90 Å². The molecule has 358 valence electrons. The highest BCUT2D eigenvalue weighted by atomic mass is 15.1. The number of nitrogens with zero attached hydrogens (tertiary/aromatic N) is 1. The minimum absolute atomic E-state index is 0.0646. The highest BCUT2D eigenvalue weighted by molar-refractivity contribution is 5.99. The van der Waals surface area contributed by atoms with Crippen LogP contribution in [0, 0.1) is 0 Å². The molecule has 0 N–H and O–H groups in total. The highest BCUT2D eigenvalue weighted by Gasteiger charge is 2.45. The lowest BCUT2D eigenvalue weighted by atomic mass is 9.79. The van der Waals surface area contributed by atoms with Gasteiger partial charge in [-0.15, -0.1) is 0 Å². The number of hydrogen-bond acceptors (Lipinski definition) is 1. The zero-order chi connectivity index (χ0) is 50.6. The molecule has 0 radical (unpaired) electrons. The van der Waals surface area contributed by atoms with Crippen LogP contribution in [0.2, 0.25) is 0 Å². The summed E-state index contributed by atoms with van der Waals surface area (Å²) in [6, 6.07) is 72.9. The van der Waals surface area contributed by atoms with Crippen LogP contribution in [-0.2, 0) is 27.1 Å². The maximum absolute atomic E-state index is 2.57. The normalized spacial score (nSPS) is 17.1. The molecule has 0 bridgehead atoms. The van der Waals surface area contributed by atoms with E-state index in [1.807, 2.05) is 0 Å². The van der Waals surface area contributed by atoms with Crippen molar-refractivity contribution in [2.45, 2.75) is 96.3 Å². The molecule has 0 atom stereocenters. The second-order valence-electron chi connectivity index (χ2n) is 24.9. The Kier molecular flexibility index (Phi) is 8.47. The van der Waals surface area contributed by atoms with E-state index in [0.717, 1.165) is 0 Å². The molecule has 5 aliphatic rings. The van der Waals surface area contributed by atoms with Gasteiger partial charge in [-0.2, -0.15) is 0 Å². The molecule has 0 aromatic heterocycles. The molecule has 10 aromatic rings. The summed E-state index contributed by atoms with van der Waals surface area (Å²) >= 11 is 0. The first-order valence-corrected chi connectivity index (χ1v) is 26.9. The van der Waals surface area contributed by atoms with Crippen molar-refractivity contribution in [1.29, 1.82) is 0 Å². The van der Waals surface area contributed by atoms with Crippen LogP contribution in [0.15, 0.2) is 188 Å². The van der Waals surface area contributed by atoms with Gasteiger partial charge >= 0.3 is 0 Å². The minimum Gasteiger partial charge on any atom is -0.310 e. The van der Waals surface area contributed by atoms with E-state index in [2.05, 4.69) is 262 Å². The highest BCUT2D eigenvalue weighted by Crippen LogP contribution is 2.60. The number of rotatable bonds is 4. The molecule has 15 rings (SSSR count). The molecule has 0 saturated carbocycles. The van der Waals surface area contributed by atoms with Gasteiger partial charge in [0.25, 0.3) is 0 Å². The molecule has 0 spiro atoms. The standard InChI is InChI=1S/C73H61N/c1-69(2)59-24-15-13-21-49(59)55-38-67-57(40-65(55)69)53-32-28-45(36-63(53)72(67,7)8)74(46-29-33-54-58-41-66-56(39-68(58)73(9,10)64(54)37-46)50-22-14-16-25-60(50)70(66,3)4)44-27-31-52-51-30-26-43(34-61(51)71(5,6)62(52)35-44)48-23-17-19-42-18-11-12-20-47(42)48/h11-41H,1-10H3. The van der Waals surface area contributed by atoms with E-state index in [9.17, 15) is 0 Å². The maximum atomic E-state index is 2.57. The van der Waals surface area contributed by atoms with Gasteiger partial charge in [0.1, 0.15) is 0 Å². The molecule has 0 heterocycles. The van der Waals surface area contributed by atoms with Crippen LogP contribution in [0.1, 0.15) is 125 Å². The fraction of sp³-hybridized carbons (Fsp3) is 0.205. The average molecular weight is 952 g/mol. The minimum atomic E-state index is -0.227. The summed E-state index contributed by atoms with van der Waals surface area (Å²) in [5, 5.41) is 2.56. The molecule has 0 amide bonds. The predicted molar refractivity (Wildman–Crippen MR) is 312 cm³/mol. The molecule has 0 saturated heterocycles. The van der Waals surface area contributed by atoms with Gasteiger partial charge in [0, 0.05) is 44.1 Å². The number of anilines is 3. The molecule has 5 aliphatic carbocycles. The predicted octanol–water partition coefficient (Wildman–Crippen LogP) is 19.5. The Morgan fingerprint density at radius 2 is 0.541 bits per heavy atom. The summed E-state index contributed by atoms with van der Waals surface area (Å²) in [6.07, 6.45) is 0. The van der Waals surface area contributed by atoms with Gasteiger partial charge in [-0.3, -0.25) is 0 Å². The van der Waals surface area contributed by atoms with Crippen LogP contribution in [0.3, 0.4) is 0 Å². The van der Waals surface area contributed by atoms with Crippen molar-refractivity contribution in [1.82, 2.24) is 0 Å². The van der Waals surface area contributed by atoms with Crippen molar-refractivity contribution < 1.29 is 0 Å². The van der Waals surface area contributed by atoms with Crippen LogP contribution in [-0.4, -0.2) is 0 Å². The van der Waals surface area contributed by atoms with Crippen molar-refractivity contribution in [3.63, 3.8) is 0 Å².